The Morgan fingerprint density at radius 1 is 1.70 bits per heavy atom. The van der Waals surface area contributed by atoms with Crippen molar-refractivity contribution in [2.24, 2.45) is 5.73 Å². The summed E-state index contributed by atoms with van der Waals surface area (Å²) >= 11 is 1.02. The predicted octanol–water partition coefficient (Wildman–Crippen LogP) is -0.354. The van der Waals surface area contributed by atoms with Crippen LogP contribution in [0.15, 0.2) is 0 Å². The first-order valence-electron chi connectivity index (χ1n) is 2.41. The van der Waals surface area contributed by atoms with Gasteiger partial charge in [-0.1, -0.05) is 5.10 Å². The number of hydrogen-bond donors (Lipinski definition) is 1. The van der Waals surface area contributed by atoms with Crippen LogP contribution in [0.1, 0.15) is 9.80 Å². The average molecular weight is 159 g/mol. The number of nitrogens with zero attached hydrogens (tertiary/aromatic N) is 2. The monoisotopic (exact) mass is 159 g/mol. The van der Waals surface area contributed by atoms with E-state index in [1.807, 2.05) is 0 Å². The van der Waals surface area contributed by atoms with Gasteiger partial charge >= 0.3 is 0 Å². The number of amides is 1. The van der Waals surface area contributed by atoms with Gasteiger partial charge in [-0.2, -0.15) is 0 Å². The quantitative estimate of drug-likeness (QED) is 0.639. The van der Waals surface area contributed by atoms with Gasteiger partial charge in [-0.3, -0.25) is 4.79 Å². The molecule has 10 heavy (non-hydrogen) atoms. The van der Waals surface area contributed by atoms with Crippen molar-refractivity contribution in [3.8, 4) is 5.19 Å². The highest BCUT2D eigenvalue weighted by atomic mass is 32.1. The van der Waals surface area contributed by atoms with Crippen LogP contribution in [0, 0.1) is 0 Å². The fourth-order valence-electron chi connectivity index (χ4n) is 0.392. The van der Waals surface area contributed by atoms with E-state index in [0.29, 0.717) is 5.19 Å². The maximum absolute atomic E-state index is 10.4. The SMILES string of the molecule is COc1nnc(C(N)=O)s1. The summed E-state index contributed by atoms with van der Waals surface area (Å²) in [6, 6.07) is 0. The van der Waals surface area contributed by atoms with Crippen molar-refractivity contribution in [3.05, 3.63) is 5.01 Å². The van der Waals surface area contributed by atoms with E-state index in [0.717, 1.165) is 11.3 Å². The molecule has 1 rings (SSSR count). The zero-order valence-electron chi connectivity index (χ0n) is 5.20. The maximum atomic E-state index is 10.4. The van der Waals surface area contributed by atoms with E-state index in [9.17, 15) is 4.79 Å². The summed E-state index contributed by atoms with van der Waals surface area (Å²) in [4.78, 5) is 10.4. The molecular weight excluding hydrogens is 154 g/mol. The maximum Gasteiger partial charge on any atom is 0.294 e. The van der Waals surface area contributed by atoms with E-state index in [2.05, 4.69) is 14.9 Å². The molecule has 2 N–H and O–H groups in total. The van der Waals surface area contributed by atoms with Gasteiger partial charge in [0, 0.05) is 0 Å². The molecule has 0 aliphatic carbocycles. The molecule has 0 bridgehead atoms. The molecule has 0 spiro atoms. The summed E-state index contributed by atoms with van der Waals surface area (Å²) < 4.78 is 4.68. The number of nitrogens with two attached hydrogens (primary N) is 1. The molecule has 0 atom stereocenters. The molecule has 6 heteroatoms. The summed E-state index contributed by atoms with van der Waals surface area (Å²) in [6.07, 6.45) is 0. The fraction of sp³-hybridized carbons (Fsp3) is 0.250. The molecule has 0 aliphatic rings. The van der Waals surface area contributed by atoms with Gasteiger partial charge in [-0.05, 0) is 11.3 Å². The van der Waals surface area contributed by atoms with Crippen LogP contribution in [0.2, 0.25) is 0 Å². The van der Waals surface area contributed by atoms with E-state index >= 15 is 0 Å². The van der Waals surface area contributed by atoms with Crippen molar-refractivity contribution in [2.45, 2.75) is 0 Å². The largest absolute Gasteiger partial charge is 0.472 e. The van der Waals surface area contributed by atoms with Gasteiger partial charge in [0.25, 0.3) is 11.1 Å². The molecule has 0 aliphatic heterocycles. The minimum atomic E-state index is -0.583. The van der Waals surface area contributed by atoms with Gasteiger partial charge in [0.1, 0.15) is 0 Å². The Morgan fingerprint density at radius 2 is 2.40 bits per heavy atom. The Hall–Kier alpha value is -1.17. The van der Waals surface area contributed by atoms with Crippen LogP contribution >= 0.6 is 11.3 Å². The average Bonchev–Trinajstić information content (AvgIpc) is 2.34. The van der Waals surface area contributed by atoms with Crippen LogP contribution in [0.5, 0.6) is 5.19 Å². The first-order chi connectivity index (χ1) is 4.74. The summed E-state index contributed by atoms with van der Waals surface area (Å²) in [5.74, 6) is -0.583. The number of carbonyl (C=O) groups excluding carboxylic acids is 1. The van der Waals surface area contributed by atoms with Crippen LogP contribution < -0.4 is 10.5 Å². The van der Waals surface area contributed by atoms with E-state index in [1.54, 1.807) is 0 Å². The number of ether oxygens (including phenoxy) is 1. The summed E-state index contributed by atoms with van der Waals surface area (Å²) in [6.45, 7) is 0. The van der Waals surface area contributed by atoms with Gasteiger partial charge in [-0.25, -0.2) is 0 Å². The van der Waals surface area contributed by atoms with Crippen molar-refractivity contribution in [2.75, 3.05) is 7.11 Å². The first kappa shape index (κ1) is 6.94. The highest BCUT2D eigenvalue weighted by molar-refractivity contribution is 7.14. The third kappa shape index (κ3) is 1.21. The molecule has 1 aromatic heterocycles. The Kier molecular flexibility index (Phi) is 1.81. The molecule has 54 valence electrons. The molecule has 0 saturated carbocycles. The van der Waals surface area contributed by atoms with Crippen LogP contribution in [0.3, 0.4) is 0 Å². The molecule has 5 nitrogen and oxygen atoms in total. The van der Waals surface area contributed by atoms with Crippen molar-refractivity contribution in [1.82, 2.24) is 10.2 Å². The number of primary amides is 1. The van der Waals surface area contributed by atoms with E-state index < -0.39 is 5.91 Å². The third-order valence-electron chi connectivity index (χ3n) is 0.792. The number of carbonyl (C=O) groups is 1. The summed E-state index contributed by atoms with van der Waals surface area (Å²) in [7, 11) is 1.45. The number of aromatic nitrogens is 2. The standard InChI is InChI=1S/C4H5N3O2S/c1-9-4-7-6-3(10-4)2(5)8/h1H3,(H2,5,8). The smallest absolute Gasteiger partial charge is 0.294 e. The lowest BCUT2D eigenvalue weighted by molar-refractivity contribution is 0.0999. The van der Waals surface area contributed by atoms with Crippen LogP contribution in [-0.4, -0.2) is 23.2 Å². The molecule has 0 radical (unpaired) electrons. The molecule has 0 fully saturated rings. The lowest BCUT2D eigenvalue weighted by atomic mass is 10.7. The number of rotatable bonds is 2. The second-order valence-corrected chi connectivity index (χ2v) is 2.38. The second-order valence-electron chi connectivity index (χ2n) is 1.44. The zero-order chi connectivity index (χ0) is 7.56. The van der Waals surface area contributed by atoms with Crippen LogP contribution in [-0.2, 0) is 0 Å². The molecular formula is C4H5N3O2S. The lowest BCUT2D eigenvalue weighted by Gasteiger charge is -1.83. The van der Waals surface area contributed by atoms with E-state index in [1.165, 1.54) is 7.11 Å². The molecule has 1 heterocycles. The van der Waals surface area contributed by atoms with E-state index in [-0.39, 0.29) is 5.01 Å². The van der Waals surface area contributed by atoms with Gasteiger partial charge in [-0.15, -0.1) is 5.10 Å². The number of hydrogen-bond acceptors (Lipinski definition) is 5. The van der Waals surface area contributed by atoms with Crippen LogP contribution in [0.4, 0.5) is 0 Å². The normalized spacial score (nSPS) is 9.30. The molecule has 0 unspecified atom stereocenters. The Balaban J connectivity index is 2.88. The second kappa shape index (κ2) is 2.61. The minimum Gasteiger partial charge on any atom is -0.472 e. The topological polar surface area (TPSA) is 78.1 Å². The van der Waals surface area contributed by atoms with Gasteiger partial charge < -0.3 is 10.5 Å². The van der Waals surface area contributed by atoms with E-state index in [4.69, 9.17) is 5.73 Å². The Labute approximate surface area is 60.8 Å². The Bertz CT molecular complexity index is 246. The molecule has 0 aromatic carbocycles. The molecule has 0 saturated heterocycles. The van der Waals surface area contributed by atoms with Gasteiger partial charge in [0.15, 0.2) is 0 Å². The minimum absolute atomic E-state index is 0.164. The third-order valence-corrected chi connectivity index (χ3v) is 1.69. The fourth-order valence-corrected chi connectivity index (χ4v) is 0.904. The first-order valence-corrected chi connectivity index (χ1v) is 3.23. The molecule has 1 aromatic rings. The van der Waals surface area contributed by atoms with Crippen molar-refractivity contribution < 1.29 is 9.53 Å². The zero-order valence-corrected chi connectivity index (χ0v) is 6.01. The van der Waals surface area contributed by atoms with Crippen LogP contribution in [0.25, 0.3) is 0 Å². The molecule has 1 amide bonds. The number of methoxy groups -OCH3 is 1. The van der Waals surface area contributed by atoms with Crippen molar-refractivity contribution in [1.29, 1.82) is 0 Å². The van der Waals surface area contributed by atoms with Crippen molar-refractivity contribution in [3.63, 3.8) is 0 Å². The highest BCUT2D eigenvalue weighted by Gasteiger charge is 2.07. The van der Waals surface area contributed by atoms with Gasteiger partial charge in [0.05, 0.1) is 7.11 Å². The highest BCUT2D eigenvalue weighted by Crippen LogP contribution is 2.15. The van der Waals surface area contributed by atoms with Gasteiger partial charge in [0.2, 0.25) is 5.01 Å². The summed E-state index contributed by atoms with van der Waals surface area (Å²) in [5, 5.41) is 7.46. The Morgan fingerprint density at radius 3 is 2.70 bits per heavy atom. The predicted molar refractivity (Wildman–Crippen MR) is 35.0 cm³/mol. The summed E-state index contributed by atoms with van der Waals surface area (Å²) in [5.41, 5.74) is 4.90. The lowest BCUT2D eigenvalue weighted by Crippen LogP contribution is -2.10. The van der Waals surface area contributed by atoms with Crippen molar-refractivity contribution >= 4 is 17.2 Å².